The third-order valence-corrected chi connectivity index (χ3v) is 4.42. The van der Waals surface area contributed by atoms with Gasteiger partial charge in [0, 0.05) is 12.4 Å². The quantitative estimate of drug-likeness (QED) is 0.655. The summed E-state index contributed by atoms with van der Waals surface area (Å²) in [5, 5.41) is 22.1. The van der Waals surface area contributed by atoms with Gasteiger partial charge in [-0.15, -0.1) is 0 Å². The van der Waals surface area contributed by atoms with Gasteiger partial charge in [-0.05, 0) is 30.2 Å². The van der Waals surface area contributed by atoms with Crippen molar-refractivity contribution in [1.29, 1.82) is 0 Å². The lowest BCUT2D eigenvalue weighted by Gasteiger charge is -2.14. The van der Waals surface area contributed by atoms with Crippen LogP contribution in [0.3, 0.4) is 0 Å². The molecule has 0 aliphatic carbocycles. The molecule has 0 aliphatic rings. The smallest absolute Gasteiger partial charge is 0.325 e. The molecular formula is C20H18N2O5. The van der Waals surface area contributed by atoms with Gasteiger partial charge in [0.15, 0.2) is 0 Å². The van der Waals surface area contributed by atoms with E-state index in [4.69, 9.17) is 5.11 Å². The topological polar surface area (TPSA) is 109 Å². The number of pyridine rings is 1. The Balaban J connectivity index is 2.19. The van der Waals surface area contributed by atoms with Crippen LogP contribution in [0, 0.1) is 0 Å². The summed E-state index contributed by atoms with van der Waals surface area (Å²) in [6.45, 7) is 1.27. The van der Waals surface area contributed by atoms with Gasteiger partial charge in [-0.1, -0.05) is 36.4 Å². The van der Waals surface area contributed by atoms with Crippen LogP contribution in [0.25, 0.3) is 22.0 Å². The fraction of sp³-hybridized carbons (Fsp3) is 0.150. The lowest BCUT2D eigenvalue weighted by molar-refractivity contribution is -0.138. The van der Waals surface area contributed by atoms with Gasteiger partial charge in [0.1, 0.15) is 17.4 Å². The van der Waals surface area contributed by atoms with Gasteiger partial charge in [0.2, 0.25) is 0 Å². The highest BCUT2D eigenvalue weighted by Gasteiger charge is 2.24. The minimum absolute atomic E-state index is 0.326. The minimum atomic E-state index is -1.24. The number of carboxylic acid groups (broad SMARTS) is 1. The molecule has 2 aromatic carbocycles. The van der Waals surface area contributed by atoms with E-state index < -0.39 is 34.8 Å². The van der Waals surface area contributed by atoms with Gasteiger partial charge >= 0.3 is 5.97 Å². The largest absolute Gasteiger partial charge is 0.506 e. The summed E-state index contributed by atoms with van der Waals surface area (Å²) in [6, 6.07) is 13.5. The molecule has 7 heteroatoms. The van der Waals surface area contributed by atoms with Crippen molar-refractivity contribution in [2.45, 2.75) is 13.0 Å². The van der Waals surface area contributed by atoms with Crippen LogP contribution in [0.1, 0.15) is 17.3 Å². The van der Waals surface area contributed by atoms with E-state index in [1.54, 1.807) is 12.1 Å². The molecule has 0 aliphatic heterocycles. The number of hydrogen-bond donors (Lipinski definition) is 3. The highest BCUT2D eigenvalue weighted by molar-refractivity contribution is 6.04. The Morgan fingerprint density at radius 3 is 2.37 bits per heavy atom. The zero-order chi connectivity index (χ0) is 19.7. The van der Waals surface area contributed by atoms with Gasteiger partial charge in [0.05, 0.1) is 5.52 Å². The second kappa shape index (κ2) is 6.95. The van der Waals surface area contributed by atoms with Crippen LogP contribution in [0.5, 0.6) is 5.75 Å². The molecule has 1 atom stereocenters. The van der Waals surface area contributed by atoms with Crippen molar-refractivity contribution < 1.29 is 19.8 Å². The van der Waals surface area contributed by atoms with E-state index >= 15 is 0 Å². The molecule has 1 heterocycles. The van der Waals surface area contributed by atoms with E-state index in [2.05, 4.69) is 5.32 Å². The third-order valence-electron chi connectivity index (χ3n) is 4.42. The molecule has 3 N–H and O–H groups in total. The number of fused-ring (bicyclic) bond motifs is 1. The molecule has 1 unspecified atom stereocenters. The number of aliphatic carboxylic acids is 1. The number of benzene rings is 2. The van der Waals surface area contributed by atoms with Crippen LogP contribution in [0.15, 0.2) is 53.3 Å². The maximum atomic E-state index is 12.5. The van der Waals surface area contributed by atoms with Crippen molar-refractivity contribution in [1.82, 2.24) is 9.88 Å². The summed E-state index contributed by atoms with van der Waals surface area (Å²) < 4.78 is 1.25. The maximum Gasteiger partial charge on any atom is 0.325 e. The van der Waals surface area contributed by atoms with Crippen LogP contribution in [-0.4, -0.2) is 32.7 Å². The molecular weight excluding hydrogens is 348 g/mol. The van der Waals surface area contributed by atoms with Crippen molar-refractivity contribution in [2.75, 3.05) is 0 Å². The highest BCUT2D eigenvalue weighted by atomic mass is 16.4. The molecule has 138 valence electrons. The van der Waals surface area contributed by atoms with Gasteiger partial charge < -0.3 is 20.1 Å². The Morgan fingerprint density at radius 1 is 1.07 bits per heavy atom. The highest BCUT2D eigenvalue weighted by Crippen LogP contribution is 2.30. The van der Waals surface area contributed by atoms with Crippen molar-refractivity contribution >= 4 is 22.8 Å². The van der Waals surface area contributed by atoms with Gasteiger partial charge in [-0.25, -0.2) is 0 Å². The van der Waals surface area contributed by atoms with E-state index in [-0.39, 0.29) is 0 Å². The Bertz CT molecular complexity index is 1100. The monoisotopic (exact) mass is 366 g/mol. The third kappa shape index (κ3) is 3.27. The van der Waals surface area contributed by atoms with E-state index in [0.29, 0.717) is 10.9 Å². The molecule has 3 rings (SSSR count). The molecule has 3 aromatic rings. The summed E-state index contributed by atoms with van der Waals surface area (Å²) in [5.41, 5.74) is 0.992. The number of amides is 1. The number of carboxylic acids is 1. The summed E-state index contributed by atoms with van der Waals surface area (Å²) in [5.74, 6) is -2.65. The molecule has 27 heavy (non-hydrogen) atoms. The summed E-state index contributed by atoms with van der Waals surface area (Å²) in [7, 11) is 1.49. The Hall–Kier alpha value is -3.61. The number of rotatable bonds is 4. The van der Waals surface area contributed by atoms with Crippen LogP contribution in [-0.2, 0) is 11.8 Å². The number of nitrogens with one attached hydrogen (secondary N) is 1. The first-order valence-corrected chi connectivity index (χ1v) is 8.26. The number of carbonyl (C=O) groups excluding carboxylic acids is 1. The van der Waals surface area contributed by atoms with E-state index in [1.807, 2.05) is 36.4 Å². The molecule has 0 saturated carbocycles. The van der Waals surface area contributed by atoms with Crippen molar-refractivity contribution in [3.05, 3.63) is 64.4 Å². The van der Waals surface area contributed by atoms with Crippen LogP contribution in [0.4, 0.5) is 0 Å². The summed E-state index contributed by atoms with van der Waals surface area (Å²) in [4.78, 5) is 35.9. The predicted octanol–water partition coefficient (Wildman–Crippen LogP) is 2.11. The number of nitrogens with zero attached hydrogens (tertiary/aromatic N) is 1. The number of hydrogen-bond acceptors (Lipinski definition) is 4. The Kier molecular flexibility index (Phi) is 4.68. The predicted molar refractivity (Wildman–Crippen MR) is 101 cm³/mol. The molecule has 1 aromatic heterocycles. The van der Waals surface area contributed by atoms with Gasteiger partial charge in [-0.2, -0.15) is 0 Å². The average Bonchev–Trinajstić information content (AvgIpc) is 2.66. The fourth-order valence-electron chi connectivity index (χ4n) is 2.88. The number of aryl methyl sites for hydroxylation is 1. The SMILES string of the molecule is CC(NC(=O)c1c(O)c2cc(-c3ccccc3)ccc2n(C)c1=O)C(=O)O. The molecule has 1 amide bonds. The number of aromatic hydroxyl groups is 1. The van der Waals surface area contributed by atoms with E-state index in [1.165, 1.54) is 18.5 Å². The zero-order valence-corrected chi connectivity index (χ0v) is 14.8. The van der Waals surface area contributed by atoms with E-state index in [0.717, 1.165) is 11.1 Å². The standard InChI is InChI=1S/C20H18N2O5/c1-11(20(26)27)21-18(24)16-17(23)14-10-13(12-6-4-3-5-7-12)8-9-15(14)22(2)19(16)25/h3-11,23H,1-2H3,(H,21,24)(H,26,27). The molecule has 0 saturated heterocycles. The number of carbonyl (C=O) groups is 2. The van der Waals surface area contributed by atoms with Crippen molar-refractivity contribution in [2.24, 2.45) is 7.05 Å². The van der Waals surface area contributed by atoms with Gasteiger partial charge in [0.25, 0.3) is 11.5 Å². The summed E-state index contributed by atoms with van der Waals surface area (Å²) in [6.07, 6.45) is 0. The van der Waals surface area contributed by atoms with Crippen molar-refractivity contribution in [3.8, 4) is 16.9 Å². The van der Waals surface area contributed by atoms with E-state index in [9.17, 15) is 19.5 Å². The Labute approximate surface area is 154 Å². The molecule has 7 nitrogen and oxygen atoms in total. The zero-order valence-electron chi connectivity index (χ0n) is 14.8. The fourth-order valence-corrected chi connectivity index (χ4v) is 2.88. The second-order valence-corrected chi connectivity index (χ2v) is 6.22. The first-order valence-electron chi connectivity index (χ1n) is 8.26. The lowest BCUT2D eigenvalue weighted by atomic mass is 10.0. The van der Waals surface area contributed by atoms with Gasteiger partial charge in [-0.3, -0.25) is 14.4 Å². The summed E-state index contributed by atoms with van der Waals surface area (Å²) >= 11 is 0. The molecule has 0 fully saturated rings. The number of aromatic nitrogens is 1. The van der Waals surface area contributed by atoms with Crippen LogP contribution >= 0.6 is 0 Å². The Morgan fingerprint density at radius 2 is 1.74 bits per heavy atom. The van der Waals surface area contributed by atoms with Crippen LogP contribution in [0.2, 0.25) is 0 Å². The molecule has 0 spiro atoms. The molecule has 0 radical (unpaired) electrons. The molecule has 0 bridgehead atoms. The van der Waals surface area contributed by atoms with Crippen LogP contribution < -0.4 is 10.9 Å². The lowest BCUT2D eigenvalue weighted by Crippen LogP contribution is -2.41. The maximum absolute atomic E-state index is 12.5. The first kappa shape index (κ1) is 18.2. The van der Waals surface area contributed by atoms with Crippen molar-refractivity contribution in [3.63, 3.8) is 0 Å². The minimum Gasteiger partial charge on any atom is -0.506 e. The first-order chi connectivity index (χ1) is 12.8. The second-order valence-electron chi connectivity index (χ2n) is 6.22. The average molecular weight is 366 g/mol. The normalized spacial score (nSPS) is 11.9.